The molecule has 0 bridgehead atoms. The van der Waals surface area contributed by atoms with E-state index in [0.29, 0.717) is 11.5 Å². The Bertz CT molecular complexity index is 805. The van der Waals surface area contributed by atoms with Gasteiger partial charge in [0.15, 0.2) is 0 Å². The molecule has 0 fully saturated rings. The van der Waals surface area contributed by atoms with Crippen LogP contribution >= 0.6 is 0 Å². The zero-order valence-electron chi connectivity index (χ0n) is 13.7. The number of amides is 2. The van der Waals surface area contributed by atoms with Crippen molar-refractivity contribution in [2.24, 2.45) is 0 Å². The van der Waals surface area contributed by atoms with E-state index in [1.54, 1.807) is 19.3 Å². The van der Waals surface area contributed by atoms with Gasteiger partial charge in [-0.15, -0.1) is 0 Å². The monoisotopic (exact) mass is 343 g/mol. The van der Waals surface area contributed by atoms with Crippen LogP contribution in [0, 0.1) is 10.1 Å². The molecule has 0 radical (unpaired) electrons. The number of carbonyl (C=O) groups excluding carboxylic acids is 1. The summed E-state index contributed by atoms with van der Waals surface area (Å²) < 4.78 is 10.2. The van der Waals surface area contributed by atoms with Crippen molar-refractivity contribution >= 4 is 23.5 Å². The Morgan fingerprint density at radius 3 is 2.64 bits per heavy atom. The van der Waals surface area contributed by atoms with Crippen molar-refractivity contribution in [3.63, 3.8) is 0 Å². The van der Waals surface area contributed by atoms with Gasteiger partial charge < -0.3 is 20.1 Å². The summed E-state index contributed by atoms with van der Waals surface area (Å²) >= 11 is 0. The molecule has 25 heavy (non-hydrogen) atoms. The van der Waals surface area contributed by atoms with Gasteiger partial charge in [0.2, 0.25) is 0 Å². The number of urea groups is 1. The maximum atomic E-state index is 12.0. The number of carbonyl (C=O) groups is 1. The highest BCUT2D eigenvalue weighted by Gasteiger charge is 2.13. The van der Waals surface area contributed by atoms with Crippen LogP contribution in [0.15, 0.2) is 48.7 Å². The van der Waals surface area contributed by atoms with Crippen molar-refractivity contribution in [3.05, 3.63) is 64.3 Å². The molecule has 0 spiro atoms. The zero-order chi connectivity index (χ0) is 18.2. The van der Waals surface area contributed by atoms with Gasteiger partial charge in [-0.3, -0.25) is 10.1 Å². The second kappa shape index (κ2) is 8.34. The molecular weight excluding hydrogens is 326 g/mol. The van der Waals surface area contributed by atoms with Gasteiger partial charge in [0.1, 0.15) is 11.5 Å². The van der Waals surface area contributed by atoms with Crippen molar-refractivity contribution in [1.29, 1.82) is 0 Å². The molecule has 8 heteroatoms. The fraction of sp³-hybridized carbons (Fsp3) is 0.118. The molecule has 0 saturated heterocycles. The summed E-state index contributed by atoms with van der Waals surface area (Å²) in [6.45, 7) is 0. The average molecular weight is 343 g/mol. The van der Waals surface area contributed by atoms with Gasteiger partial charge in [0.25, 0.3) is 5.69 Å². The highest BCUT2D eigenvalue weighted by atomic mass is 16.6. The van der Waals surface area contributed by atoms with E-state index < -0.39 is 11.0 Å². The number of non-ortho nitro benzene ring substituents is 1. The molecule has 2 aromatic carbocycles. The van der Waals surface area contributed by atoms with Crippen LogP contribution in [0.4, 0.5) is 16.2 Å². The van der Waals surface area contributed by atoms with Crippen LogP contribution in [-0.4, -0.2) is 25.2 Å². The Morgan fingerprint density at radius 2 is 1.96 bits per heavy atom. The maximum Gasteiger partial charge on any atom is 0.323 e. The summed E-state index contributed by atoms with van der Waals surface area (Å²) in [5.41, 5.74) is 0.889. The number of nitro benzene ring substituents is 1. The molecule has 0 aliphatic heterocycles. The number of nitrogens with one attached hydrogen (secondary N) is 2. The normalized spacial score (nSPS) is 10.3. The first kappa shape index (κ1) is 17.8. The Labute approximate surface area is 144 Å². The third-order valence-corrected chi connectivity index (χ3v) is 3.23. The van der Waals surface area contributed by atoms with Gasteiger partial charge in [-0.2, -0.15) is 0 Å². The van der Waals surface area contributed by atoms with Crippen LogP contribution in [-0.2, 0) is 0 Å². The summed E-state index contributed by atoms with van der Waals surface area (Å²) in [6.07, 6.45) is 3.14. The summed E-state index contributed by atoms with van der Waals surface area (Å²) in [5, 5.41) is 15.9. The SMILES string of the molecule is COc1cccc(/C=C/NC(=O)Nc2cc([N+](=O)[O-])ccc2OC)c1. The number of methoxy groups -OCH3 is 2. The number of nitro groups is 1. The van der Waals surface area contributed by atoms with Crippen LogP contribution in [0.2, 0.25) is 0 Å². The van der Waals surface area contributed by atoms with E-state index in [2.05, 4.69) is 10.6 Å². The lowest BCUT2D eigenvalue weighted by atomic mass is 10.2. The predicted molar refractivity (Wildman–Crippen MR) is 93.8 cm³/mol. The molecule has 2 N–H and O–H groups in total. The van der Waals surface area contributed by atoms with Crippen LogP contribution in [0.3, 0.4) is 0 Å². The highest BCUT2D eigenvalue weighted by molar-refractivity contribution is 5.92. The molecule has 8 nitrogen and oxygen atoms in total. The Kier molecular flexibility index (Phi) is 5.94. The van der Waals surface area contributed by atoms with E-state index >= 15 is 0 Å². The van der Waals surface area contributed by atoms with Crippen LogP contribution < -0.4 is 20.1 Å². The van der Waals surface area contributed by atoms with Crippen molar-refractivity contribution in [2.75, 3.05) is 19.5 Å². The molecule has 2 amide bonds. The lowest BCUT2D eigenvalue weighted by Gasteiger charge is -2.09. The van der Waals surface area contributed by atoms with E-state index in [1.807, 2.05) is 18.2 Å². The molecule has 0 unspecified atom stereocenters. The van der Waals surface area contributed by atoms with E-state index in [4.69, 9.17) is 9.47 Å². The van der Waals surface area contributed by atoms with Crippen LogP contribution in [0.1, 0.15) is 5.56 Å². The number of nitrogens with zero attached hydrogens (tertiary/aromatic N) is 1. The minimum atomic E-state index is -0.557. The number of benzene rings is 2. The predicted octanol–water partition coefficient (Wildman–Crippen LogP) is 3.40. The van der Waals surface area contributed by atoms with Gasteiger partial charge in [-0.25, -0.2) is 4.79 Å². The summed E-state index contributed by atoms with van der Waals surface area (Å²) in [4.78, 5) is 22.2. The summed E-state index contributed by atoms with van der Waals surface area (Å²) in [5.74, 6) is 1.02. The van der Waals surface area contributed by atoms with Crippen LogP contribution in [0.25, 0.3) is 6.08 Å². The van der Waals surface area contributed by atoms with Crippen molar-refractivity contribution < 1.29 is 19.2 Å². The Balaban J connectivity index is 2.03. The molecule has 0 aromatic heterocycles. The topological polar surface area (TPSA) is 103 Å². The Morgan fingerprint density at radius 1 is 1.16 bits per heavy atom. The number of hydrogen-bond donors (Lipinski definition) is 2. The molecule has 130 valence electrons. The van der Waals surface area contributed by atoms with Crippen molar-refractivity contribution in [3.8, 4) is 11.5 Å². The quantitative estimate of drug-likeness (QED) is 0.618. The maximum absolute atomic E-state index is 12.0. The van der Waals surface area contributed by atoms with Crippen molar-refractivity contribution in [2.45, 2.75) is 0 Å². The van der Waals surface area contributed by atoms with Gasteiger partial charge in [0, 0.05) is 18.3 Å². The fourth-order valence-corrected chi connectivity index (χ4v) is 2.02. The molecule has 0 atom stereocenters. The number of ether oxygens (including phenoxy) is 2. The first-order chi connectivity index (χ1) is 12.0. The molecule has 0 saturated carbocycles. The van der Waals surface area contributed by atoms with E-state index in [0.717, 1.165) is 5.56 Å². The molecule has 0 aliphatic carbocycles. The lowest BCUT2D eigenvalue weighted by Crippen LogP contribution is -2.24. The number of rotatable bonds is 6. The largest absolute Gasteiger partial charge is 0.497 e. The van der Waals surface area contributed by atoms with E-state index in [-0.39, 0.29) is 11.4 Å². The van der Waals surface area contributed by atoms with E-state index in [9.17, 15) is 14.9 Å². The summed E-state index contributed by atoms with van der Waals surface area (Å²) in [7, 11) is 2.98. The van der Waals surface area contributed by atoms with Crippen molar-refractivity contribution in [1.82, 2.24) is 5.32 Å². The molecule has 0 heterocycles. The molecule has 2 aromatic rings. The minimum Gasteiger partial charge on any atom is -0.497 e. The van der Waals surface area contributed by atoms with Gasteiger partial charge in [-0.05, 0) is 29.8 Å². The third kappa shape index (κ3) is 4.96. The average Bonchev–Trinajstić information content (AvgIpc) is 2.61. The first-order valence-corrected chi connectivity index (χ1v) is 7.24. The molecule has 2 rings (SSSR count). The van der Waals surface area contributed by atoms with Gasteiger partial charge in [-0.1, -0.05) is 12.1 Å². The standard InChI is InChI=1S/C17H17N3O5/c1-24-14-5-3-4-12(10-14)8-9-18-17(21)19-15-11-13(20(22)23)6-7-16(15)25-2/h3-11H,1-2H3,(H2,18,19,21)/b9-8+. The second-order valence-corrected chi connectivity index (χ2v) is 4.85. The lowest BCUT2D eigenvalue weighted by molar-refractivity contribution is -0.384. The highest BCUT2D eigenvalue weighted by Crippen LogP contribution is 2.28. The molecular formula is C17H17N3O5. The zero-order valence-corrected chi connectivity index (χ0v) is 13.7. The summed E-state index contributed by atoms with van der Waals surface area (Å²) in [6, 6.07) is 10.7. The fourth-order valence-electron chi connectivity index (χ4n) is 2.02. The van der Waals surface area contributed by atoms with Crippen LogP contribution in [0.5, 0.6) is 11.5 Å². The van der Waals surface area contributed by atoms with E-state index in [1.165, 1.54) is 31.5 Å². The van der Waals surface area contributed by atoms with Gasteiger partial charge >= 0.3 is 6.03 Å². The third-order valence-electron chi connectivity index (χ3n) is 3.23. The minimum absolute atomic E-state index is 0.150. The second-order valence-electron chi connectivity index (χ2n) is 4.85. The number of anilines is 1. The first-order valence-electron chi connectivity index (χ1n) is 7.24. The smallest absolute Gasteiger partial charge is 0.323 e. The van der Waals surface area contributed by atoms with Gasteiger partial charge in [0.05, 0.1) is 24.8 Å². The number of hydrogen-bond acceptors (Lipinski definition) is 5. The molecule has 0 aliphatic rings. The Hall–Kier alpha value is -3.55.